The van der Waals surface area contributed by atoms with Crippen LogP contribution in [0, 0.1) is 5.92 Å². The van der Waals surface area contributed by atoms with Crippen molar-refractivity contribution in [1.82, 2.24) is 0 Å². The van der Waals surface area contributed by atoms with E-state index in [0.29, 0.717) is 0 Å². The van der Waals surface area contributed by atoms with Crippen molar-refractivity contribution in [3.8, 4) is 0 Å². The van der Waals surface area contributed by atoms with Crippen molar-refractivity contribution in [1.29, 1.82) is 0 Å². The summed E-state index contributed by atoms with van der Waals surface area (Å²) >= 11 is 5.92. The normalized spacial score (nSPS) is 12.1. The Bertz CT molecular complexity index is 389. The van der Waals surface area contributed by atoms with E-state index in [-0.39, 0.29) is 0 Å². The molecule has 0 aromatic rings. The van der Waals surface area contributed by atoms with Crippen molar-refractivity contribution in [3.63, 3.8) is 0 Å². The highest BCUT2D eigenvalue weighted by atomic mass is 35.5. The molecule has 20 heavy (non-hydrogen) atoms. The Hall–Kier alpha value is -1.83. The molecule has 0 bridgehead atoms. The van der Waals surface area contributed by atoms with Gasteiger partial charge in [-0.05, 0) is 0 Å². The smallest absolute Gasteiger partial charge is 0.339 e. The highest BCUT2D eigenvalue weighted by molar-refractivity contribution is 6.46. The fourth-order valence-corrected chi connectivity index (χ4v) is 1.76. The van der Waals surface area contributed by atoms with Gasteiger partial charge >= 0.3 is 23.9 Å². The number of ether oxygens (including phenoxy) is 4. The largest absolute Gasteiger partial charge is 0.469 e. The first kappa shape index (κ1) is 18.2. The second-order valence-electron chi connectivity index (χ2n) is 3.55. The molecule has 0 N–H and O–H groups in total. The lowest BCUT2D eigenvalue weighted by Gasteiger charge is -2.27. The number of methoxy groups -OCH3 is 4. The fourth-order valence-electron chi connectivity index (χ4n) is 1.44. The van der Waals surface area contributed by atoms with E-state index in [2.05, 4.69) is 18.9 Å². The van der Waals surface area contributed by atoms with E-state index in [9.17, 15) is 19.2 Å². The van der Waals surface area contributed by atoms with Gasteiger partial charge in [0.05, 0.1) is 34.9 Å². The van der Waals surface area contributed by atoms with Crippen LogP contribution in [0.5, 0.6) is 0 Å². The summed E-state index contributed by atoms with van der Waals surface area (Å²) in [5.74, 6) is -6.06. The van der Waals surface area contributed by atoms with Gasteiger partial charge in [-0.2, -0.15) is 0 Å². The molecular weight excluding hydrogens is 296 g/mol. The van der Waals surface area contributed by atoms with Crippen molar-refractivity contribution >= 4 is 35.5 Å². The van der Waals surface area contributed by atoms with Crippen LogP contribution >= 0.6 is 11.6 Å². The second kappa shape index (κ2) is 7.68. The number of halogens is 1. The Morgan fingerprint density at radius 1 is 0.900 bits per heavy atom. The quantitative estimate of drug-likeness (QED) is 0.284. The molecule has 0 aromatic carbocycles. The Morgan fingerprint density at radius 2 is 1.35 bits per heavy atom. The van der Waals surface area contributed by atoms with Gasteiger partial charge in [0.15, 0.2) is 0 Å². The standard InChI is InChI=1S/C11H15ClO8/c1-17-7(13)5-6(8(14)18-2)11(12,9(15)19-3)10(16)20-4/h6H,5H2,1-4H3. The summed E-state index contributed by atoms with van der Waals surface area (Å²) < 4.78 is 17.6. The number of carbonyl (C=O) groups is 4. The van der Waals surface area contributed by atoms with Gasteiger partial charge in [-0.3, -0.25) is 9.59 Å². The summed E-state index contributed by atoms with van der Waals surface area (Å²) in [5, 5.41) is 0. The first-order valence-electron chi connectivity index (χ1n) is 5.29. The molecule has 0 amide bonds. The maximum Gasteiger partial charge on any atom is 0.339 e. The summed E-state index contributed by atoms with van der Waals surface area (Å²) in [5.41, 5.74) is 0. The van der Waals surface area contributed by atoms with Gasteiger partial charge in [-0.15, -0.1) is 0 Å². The zero-order valence-corrected chi connectivity index (χ0v) is 12.2. The van der Waals surface area contributed by atoms with Gasteiger partial charge in [-0.25, -0.2) is 9.59 Å². The predicted molar refractivity (Wildman–Crippen MR) is 64.8 cm³/mol. The molecule has 0 heterocycles. The van der Waals surface area contributed by atoms with Crippen molar-refractivity contribution in [2.45, 2.75) is 11.3 Å². The van der Waals surface area contributed by atoms with E-state index < -0.39 is 41.1 Å². The lowest BCUT2D eigenvalue weighted by molar-refractivity contribution is -0.167. The third-order valence-electron chi connectivity index (χ3n) is 2.53. The number of esters is 4. The molecule has 0 radical (unpaired) electrons. The number of rotatable bonds is 6. The Kier molecular flexibility index (Phi) is 6.98. The monoisotopic (exact) mass is 310 g/mol. The Labute approximate surface area is 120 Å². The number of hydrogen-bond acceptors (Lipinski definition) is 8. The highest BCUT2D eigenvalue weighted by Crippen LogP contribution is 2.33. The lowest BCUT2D eigenvalue weighted by atomic mass is 9.88. The highest BCUT2D eigenvalue weighted by Gasteiger charge is 2.57. The van der Waals surface area contributed by atoms with Crippen LogP contribution in [0.15, 0.2) is 0 Å². The molecule has 0 aliphatic heterocycles. The van der Waals surface area contributed by atoms with Crippen molar-refractivity contribution in [3.05, 3.63) is 0 Å². The van der Waals surface area contributed by atoms with Gasteiger partial charge in [0.2, 0.25) is 0 Å². The van der Waals surface area contributed by atoms with E-state index >= 15 is 0 Å². The van der Waals surface area contributed by atoms with Crippen LogP contribution in [0.3, 0.4) is 0 Å². The zero-order valence-electron chi connectivity index (χ0n) is 11.4. The molecule has 0 aliphatic rings. The maximum atomic E-state index is 11.8. The Morgan fingerprint density at radius 3 is 1.65 bits per heavy atom. The Balaban J connectivity index is 5.74. The molecule has 0 aromatic heterocycles. The van der Waals surface area contributed by atoms with E-state index in [1.165, 1.54) is 0 Å². The topological polar surface area (TPSA) is 105 Å². The van der Waals surface area contributed by atoms with Crippen molar-refractivity contribution < 1.29 is 38.1 Å². The van der Waals surface area contributed by atoms with E-state index in [1.54, 1.807) is 0 Å². The average Bonchev–Trinajstić information content (AvgIpc) is 2.48. The summed E-state index contributed by atoms with van der Waals surface area (Å²) in [4.78, 5) is 44.0. The number of alkyl halides is 1. The molecule has 0 fully saturated rings. The summed E-state index contributed by atoms with van der Waals surface area (Å²) in [6.45, 7) is 0. The SMILES string of the molecule is COC(=O)CC(C(=O)OC)C(Cl)(C(=O)OC)C(=O)OC. The van der Waals surface area contributed by atoms with Crippen molar-refractivity contribution in [2.75, 3.05) is 28.4 Å². The van der Waals surface area contributed by atoms with Gasteiger partial charge in [0.1, 0.15) is 5.92 Å². The van der Waals surface area contributed by atoms with Gasteiger partial charge in [0, 0.05) is 0 Å². The number of hydrogen-bond donors (Lipinski definition) is 0. The van der Waals surface area contributed by atoms with Crippen LogP contribution in [0.4, 0.5) is 0 Å². The van der Waals surface area contributed by atoms with Crippen LogP contribution in [0.1, 0.15) is 6.42 Å². The van der Waals surface area contributed by atoms with Crippen LogP contribution < -0.4 is 0 Å². The molecule has 8 nitrogen and oxygen atoms in total. The van der Waals surface area contributed by atoms with E-state index in [1.807, 2.05) is 0 Å². The van der Waals surface area contributed by atoms with E-state index in [4.69, 9.17) is 11.6 Å². The molecule has 1 unspecified atom stereocenters. The third-order valence-corrected chi connectivity index (χ3v) is 3.10. The first-order valence-corrected chi connectivity index (χ1v) is 5.67. The van der Waals surface area contributed by atoms with E-state index in [0.717, 1.165) is 28.4 Å². The minimum atomic E-state index is -2.54. The molecule has 0 aliphatic carbocycles. The predicted octanol–water partition coefficient (Wildman–Crippen LogP) is -0.338. The summed E-state index contributed by atoms with van der Waals surface area (Å²) in [6, 6.07) is 0. The van der Waals surface area contributed by atoms with Crippen molar-refractivity contribution in [2.24, 2.45) is 5.92 Å². The lowest BCUT2D eigenvalue weighted by Crippen LogP contribution is -2.53. The second-order valence-corrected chi connectivity index (χ2v) is 4.15. The van der Waals surface area contributed by atoms with Crippen LogP contribution in [0.25, 0.3) is 0 Å². The minimum absolute atomic E-state index is 0.656. The molecular formula is C11H15ClO8. The van der Waals surface area contributed by atoms with Crippen LogP contribution in [0.2, 0.25) is 0 Å². The maximum absolute atomic E-state index is 11.8. The van der Waals surface area contributed by atoms with Crippen LogP contribution in [-0.4, -0.2) is 57.2 Å². The van der Waals surface area contributed by atoms with Gasteiger partial charge < -0.3 is 18.9 Å². The fraction of sp³-hybridized carbons (Fsp3) is 0.636. The molecule has 9 heteroatoms. The molecule has 0 saturated carbocycles. The zero-order chi connectivity index (χ0) is 15.9. The average molecular weight is 311 g/mol. The van der Waals surface area contributed by atoms with Gasteiger partial charge in [0.25, 0.3) is 4.87 Å². The molecule has 0 saturated heterocycles. The molecule has 0 spiro atoms. The molecule has 1 atom stereocenters. The molecule has 0 rings (SSSR count). The summed E-state index contributed by atoms with van der Waals surface area (Å²) in [6.07, 6.45) is -0.656. The van der Waals surface area contributed by atoms with Gasteiger partial charge in [-0.1, -0.05) is 11.6 Å². The molecule has 114 valence electrons. The third kappa shape index (κ3) is 3.60. The van der Waals surface area contributed by atoms with Crippen LogP contribution in [-0.2, 0) is 38.1 Å². The number of carbonyl (C=O) groups excluding carboxylic acids is 4. The first-order chi connectivity index (χ1) is 9.29. The minimum Gasteiger partial charge on any atom is -0.469 e. The summed E-state index contributed by atoms with van der Waals surface area (Å²) in [7, 11) is 4.02.